The van der Waals surface area contributed by atoms with Crippen molar-refractivity contribution in [2.75, 3.05) is 14.2 Å². The maximum atomic E-state index is 11.1. The number of ether oxygens (including phenoxy) is 2. The van der Waals surface area contributed by atoms with Crippen LogP contribution < -0.4 is 9.47 Å². The highest BCUT2D eigenvalue weighted by Crippen LogP contribution is 2.34. The highest BCUT2D eigenvalue weighted by molar-refractivity contribution is 5.94. The molecule has 0 aliphatic rings. The largest absolute Gasteiger partial charge is 0.493 e. The lowest BCUT2D eigenvalue weighted by Gasteiger charge is -2.11. The van der Waals surface area contributed by atoms with Crippen LogP contribution in [0.2, 0.25) is 0 Å². The summed E-state index contributed by atoms with van der Waals surface area (Å²) in [5.41, 5.74) is 1.85. The third-order valence-electron chi connectivity index (χ3n) is 4.33. The number of hydrogen-bond donors (Lipinski definition) is 0. The van der Waals surface area contributed by atoms with E-state index in [1.165, 1.54) is 12.1 Å². The predicted octanol–water partition coefficient (Wildman–Crippen LogP) is 3.18. The number of nitro groups is 1. The van der Waals surface area contributed by atoms with Gasteiger partial charge in [0, 0.05) is 29.1 Å². The van der Waals surface area contributed by atoms with E-state index in [9.17, 15) is 10.1 Å². The molecular formula is C18H15N5O4. The van der Waals surface area contributed by atoms with Gasteiger partial charge in [0.1, 0.15) is 5.82 Å². The lowest BCUT2D eigenvalue weighted by atomic mass is 10.2. The number of methoxy groups -OCH3 is 2. The average molecular weight is 365 g/mol. The minimum absolute atomic E-state index is 0.0120. The van der Waals surface area contributed by atoms with Gasteiger partial charge in [0.2, 0.25) is 0 Å². The van der Waals surface area contributed by atoms with Gasteiger partial charge in [0.05, 0.1) is 24.7 Å². The summed E-state index contributed by atoms with van der Waals surface area (Å²) in [6, 6.07) is 9.84. The van der Waals surface area contributed by atoms with E-state index in [4.69, 9.17) is 9.47 Å². The molecule has 0 radical (unpaired) electrons. The molecule has 0 aliphatic heterocycles. The van der Waals surface area contributed by atoms with E-state index in [-0.39, 0.29) is 5.69 Å². The maximum absolute atomic E-state index is 11.1. The van der Waals surface area contributed by atoms with Gasteiger partial charge in [-0.3, -0.25) is 14.5 Å². The van der Waals surface area contributed by atoms with Crippen molar-refractivity contribution in [3.63, 3.8) is 0 Å². The summed E-state index contributed by atoms with van der Waals surface area (Å²) in [6.45, 7) is 1.83. The molecule has 0 fully saturated rings. The van der Waals surface area contributed by atoms with Crippen LogP contribution in [0.4, 0.5) is 5.69 Å². The molecule has 0 bridgehead atoms. The van der Waals surface area contributed by atoms with Crippen molar-refractivity contribution in [2.24, 2.45) is 0 Å². The van der Waals surface area contributed by atoms with Crippen LogP contribution in [-0.2, 0) is 0 Å². The molecule has 136 valence electrons. The van der Waals surface area contributed by atoms with Crippen molar-refractivity contribution >= 4 is 22.2 Å². The third-order valence-corrected chi connectivity index (χ3v) is 4.33. The van der Waals surface area contributed by atoms with E-state index in [0.29, 0.717) is 39.9 Å². The van der Waals surface area contributed by atoms with E-state index >= 15 is 0 Å². The minimum atomic E-state index is -0.440. The molecule has 9 heteroatoms. The normalized spacial score (nSPS) is 11.1. The number of nitro benzene ring substituents is 1. The van der Waals surface area contributed by atoms with Gasteiger partial charge in [-0.05, 0) is 13.0 Å². The van der Waals surface area contributed by atoms with Crippen LogP contribution in [0.15, 0.2) is 36.4 Å². The van der Waals surface area contributed by atoms with E-state index in [2.05, 4.69) is 15.2 Å². The first-order valence-corrected chi connectivity index (χ1v) is 8.05. The summed E-state index contributed by atoms with van der Waals surface area (Å²) in [5.74, 6) is 2.25. The zero-order valence-corrected chi connectivity index (χ0v) is 14.8. The molecule has 4 rings (SSSR count). The highest BCUT2D eigenvalue weighted by atomic mass is 16.6. The monoisotopic (exact) mass is 365 g/mol. The Morgan fingerprint density at radius 1 is 1.07 bits per heavy atom. The molecule has 27 heavy (non-hydrogen) atoms. The molecular weight excluding hydrogens is 350 g/mol. The highest BCUT2D eigenvalue weighted by Gasteiger charge is 2.18. The smallest absolute Gasteiger partial charge is 0.270 e. The van der Waals surface area contributed by atoms with E-state index in [0.717, 1.165) is 5.39 Å². The van der Waals surface area contributed by atoms with Gasteiger partial charge in [-0.25, -0.2) is 4.98 Å². The number of non-ortho nitro benzene ring substituents is 1. The fraction of sp³-hybridized carbons (Fsp3) is 0.167. The Morgan fingerprint density at radius 3 is 2.52 bits per heavy atom. The zero-order valence-electron chi connectivity index (χ0n) is 14.8. The second kappa shape index (κ2) is 6.20. The Labute approximate surface area is 153 Å². The average Bonchev–Trinajstić information content (AvgIpc) is 3.13. The molecule has 2 heterocycles. The van der Waals surface area contributed by atoms with Gasteiger partial charge in [-0.15, -0.1) is 10.2 Å². The van der Waals surface area contributed by atoms with Crippen molar-refractivity contribution in [3.8, 4) is 22.9 Å². The lowest BCUT2D eigenvalue weighted by molar-refractivity contribution is -0.384. The minimum Gasteiger partial charge on any atom is -0.493 e. The van der Waals surface area contributed by atoms with Crippen LogP contribution >= 0.6 is 0 Å². The molecule has 0 N–H and O–H groups in total. The van der Waals surface area contributed by atoms with Gasteiger partial charge in [-0.1, -0.05) is 12.1 Å². The van der Waals surface area contributed by atoms with E-state index < -0.39 is 4.92 Å². The predicted molar refractivity (Wildman–Crippen MR) is 98.2 cm³/mol. The second-order valence-electron chi connectivity index (χ2n) is 5.87. The standard InChI is InChI=1S/C18H15N5O4/c1-10-19-14-9-16(27-3)15(26-2)8-13(14)18-21-20-17(22(10)18)11-5-4-6-12(7-11)23(24)25/h4-9H,1-3H3. The molecule has 0 saturated carbocycles. The number of aryl methyl sites for hydroxylation is 1. The molecule has 2 aromatic heterocycles. The molecule has 0 spiro atoms. The summed E-state index contributed by atoms with van der Waals surface area (Å²) >= 11 is 0. The molecule has 4 aromatic rings. The maximum Gasteiger partial charge on any atom is 0.270 e. The second-order valence-corrected chi connectivity index (χ2v) is 5.87. The zero-order chi connectivity index (χ0) is 19.1. The number of hydrogen-bond acceptors (Lipinski definition) is 7. The summed E-state index contributed by atoms with van der Waals surface area (Å²) < 4.78 is 12.5. The first-order valence-electron chi connectivity index (χ1n) is 8.05. The molecule has 0 amide bonds. The fourth-order valence-corrected chi connectivity index (χ4v) is 3.07. The van der Waals surface area contributed by atoms with Crippen LogP contribution in [0.25, 0.3) is 27.9 Å². The van der Waals surface area contributed by atoms with Gasteiger partial charge < -0.3 is 9.47 Å². The van der Waals surface area contributed by atoms with Crippen LogP contribution in [-0.4, -0.2) is 38.7 Å². The van der Waals surface area contributed by atoms with Crippen molar-refractivity contribution in [1.29, 1.82) is 0 Å². The Kier molecular flexibility index (Phi) is 3.84. The lowest BCUT2D eigenvalue weighted by Crippen LogP contribution is -2.00. The molecule has 0 unspecified atom stereocenters. The quantitative estimate of drug-likeness (QED) is 0.404. The van der Waals surface area contributed by atoms with E-state index in [1.54, 1.807) is 42.9 Å². The number of nitrogens with zero attached hydrogens (tertiary/aromatic N) is 5. The Bertz CT molecular complexity index is 1200. The summed E-state index contributed by atoms with van der Waals surface area (Å²) in [6.07, 6.45) is 0. The summed E-state index contributed by atoms with van der Waals surface area (Å²) in [4.78, 5) is 15.3. The first kappa shape index (κ1) is 16.7. The summed E-state index contributed by atoms with van der Waals surface area (Å²) in [7, 11) is 3.12. The SMILES string of the molecule is COc1cc2nc(C)n3c(-c4cccc([N+](=O)[O-])c4)nnc3c2cc1OC. The first-order chi connectivity index (χ1) is 13.0. The molecule has 0 aliphatic carbocycles. The topological polar surface area (TPSA) is 105 Å². The molecule has 2 aromatic carbocycles. The number of rotatable bonds is 4. The van der Waals surface area contributed by atoms with Crippen LogP contribution in [0, 0.1) is 17.0 Å². The van der Waals surface area contributed by atoms with Crippen molar-refractivity contribution in [3.05, 3.63) is 52.3 Å². The van der Waals surface area contributed by atoms with Crippen LogP contribution in [0.1, 0.15) is 5.82 Å². The van der Waals surface area contributed by atoms with Crippen molar-refractivity contribution < 1.29 is 14.4 Å². The summed E-state index contributed by atoms with van der Waals surface area (Å²) in [5, 5.41) is 20.4. The molecule has 0 saturated heterocycles. The molecule has 0 atom stereocenters. The Balaban J connectivity index is 2.01. The van der Waals surface area contributed by atoms with Crippen molar-refractivity contribution in [2.45, 2.75) is 6.92 Å². The fourth-order valence-electron chi connectivity index (χ4n) is 3.07. The number of fused-ring (bicyclic) bond motifs is 3. The number of benzene rings is 2. The third kappa shape index (κ3) is 2.60. The Morgan fingerprint density at radius 2 is 1.81 bits per heavy atom. The van der Waals surface area contributed by atoms with Crippen molar-refractivity contribution in [1.82, 2.24) is 19.6 Å². The molecule has 9 nitrogen and oxygen atoms in total. The van der Waals surface area contributed by atoms with Gasteiger partial charge >= 0.3 is 0 Å². The van der Waals surface area contributed by atoms with Gasteiger partial charge in [0.15, 0.2) is 23.0 Å². The number of aromatic nitrogens is 4. The van der Waals surface area contributed by atoms with Crippen LogP contribution in [0.3, 0.4) is 0 Å². The van der Waals surface area contributed by atoms with Crippen LogP contribution in [0.5, 0.6) is 11.5 Å². The van der Waals surface area contributed by atoms with Gasteiger partial charge in [-0.2, -0.15) is 0 Å². The van der Waals surface area contributed by atoms with E-state index in [1.807, 2.05) is 6.92 Å². The van der Waals surface area contributed by atoms with Gasteiger partial charge in [0.25, 0.3) is 5.69 Å². The Hall–Kier alpha value is -3.75.